The van der Waals surface area contributed by atoms with Gasteiger partial charge in [0.2, 0.25) is 0 Å². The van der Waals surface area contributed by atoms with E-state index < -0.39 is 11.9 Å². The van der Waals surface area contributed by atoms with Gasteiger partial charge in [0, 0.05) is 37.0 Å². The van der Waals surface area contributed by atoms with Crippen LogP contribution in [-0.2, 0) is 9.59 Å². The van der Waals surface area contributed by atoms with Crippen molar-refractivity contribution in [2.75, 3.05) is 0 Å². The van der Waals surface area contributed by atoms with E-state index in [-0.39, 0.29) is 110 Å². The molecule has 45 heavy (non-hydrogen) atoms. The minimum absolute atomic E-state index is 0. The Morgan fingerprint density at radius 2 is 1.24 bits per heavy atom. The van der Waals surface area contributed by atoms with E-state index in [4.69, 9.17) is 10.6 Å². The molecule has 2 saturated heterocycles. The third-order valence-corrected chi connectivity index (χ3v) is 11.6. The van der Waals surface area contributed by atoms with Crippen LogP contribution in [-0.4, -0.2) is 94.4 Å². The third kappa shape index (κ3) is 8.52. The van der Waals surface area contributed by atoms with Crippen LogP contribution in [0.1, 0.15) is 106 Å². The van der Waals surface area contributed by atoms with Gasteiger partial charge in [0.15, 0.2) is 0 Å². The van der Waals surface area contributed by atoms with Crippen molar-refractivity contribution < 1.29 is 44.6 Å². The molecule has 5 heterocycles. The average molecular weight is 770 g/mol. The number of halogens is 2. The van der Waals surface area contributed by atoms with Gasteiger partial charge in [0.25, 0.3) is 0 Å². The molecule has 0 saturated carbocycles. The van der Waals surface area contributed by atoms with E-state index in [9.17, 15) is 19.8 Å². The second kappa shape index (κ2) is 17.2. The van der Waals surface area contributed by atoms with Crippen LogP contribution < -0.4 is 35.4 Å². The van der Waals surface area contributed by atoms with E-state index in [2.05, 4.69) is 52.2 Å². The zero-order valence-electron chi connectivity index (χ0n) is 27.7. The van der Waals surface area contributed by atoms with E-state index in [0.717, 1.165) is 38.5 Å². The summed E-state index contributed by atoms with van der Waals surface area (Å²) >= 11 is 0. The van der Waals surface area contributed by atoms with Gasteiger partial charge in [0.1, 0.15) is 0 Å². The Labute approximate surface area is 299 Å². The summed E-state index contributed by atoms with van der Waals surface area (Å²) in [5, 5.41) is 37.9. The molecule has 5 rings (SSSR count). The molecule has 0 aliphatic carbocycles. The number of nitrogens with zero attached hydrogens (tertiary/aromatic N) is 2. The van der Waals surface area contributed by atoms with Crippen molar-refractivity contribution in [2.24, 2.45) is 11.8 Å². The summed E-state index contributed by atoms with van der Waals surface area (Å²) in [4.78, 5) is 23.2. The Balaban J connectivity index is 0.00000235. The summed E-state index contributed by atoms with van der Waals surface area (Å²) in [6.45, 7) is 13.6. The van der Waals surface area contributed by atoms with E-state index in [1.54, 1.807) is 0 Å². The van der Waals surface area contributed by atoms with E-state index in [0.29, 0.717) is 24.8 Å². The van der Waals surface area contributed by atoms with Gasteiger partial charge in [-0.25, -0.2) is 0 Å². The molecule has 10 atom stereocenters. The van der Waals surface area contributed by atoms with Gasteiger partial charge in [-0.1, -0.05) is 66.0 Å². The van der Waals surface area contributed by atoms with Crippen LogP contribution in [0.3, 0.4) is 0 Å². The Morgan fingerprint density at radius 3 is 1.82 bits per heavy atom. The van der Waals surface area contributed by atoms with Gasteiger partial charge >= 0.3 is 35.8 Å². The summed E-state index contributed by atoms with van der Waals surface area (Å²) in [5.41, 5.74) is 8.39. The normalized spacial score (nSPS) is 36.0. The van der Waals surface area contributed by atoms with Crippen LogP contribution in [0.4, 0.5) is 0 Å². The molecule has 2 fully saturated rings. The van der Waals surface area contributed by atoms with Gasteiger partial charge < -0.3 is 56.3 Å². The van der Waals surface area contributed by atoms with Crippen molar-refractivity contribution in [3.05, 3.63) is 44.1 Å². The van der Waals surface area contributed by atoms with Crippen molar-refractivity contribution in [3.8, 4) is 0 Å². The number of aliphatic carboxylic acids is 2. The molecule has 8 bridgehead atoms. The fourth-order valence-electron chi connectivity index (χ4n) is 9.15. The predicted octanol–water partition coefficient (Wildman–Crippen LogP) is -0.131. The summed E-state index contributed by atoms with van der Waals surface area (Å²) in [6.07, 6.45) is 7.12. The number of carboxylic acids is 2. The minimum atomic E-state index is -0.771. The van der Waals surface area contributed by atoms with Crippen molar-refractivity contribution in [3.63, 3.8) is 0 Å². The van der Waals surface area contributed by atoms with Crippen LogP contribution in [0, 0.1) is 11.8 Å². The van der Waals surface area contributed by atoms with Crippen molar-refractivity contribution in [1.82, 2.24) is 10.6 Å². The summed E-state index contributed by atoms with van der Waals surface area (Å²) in [7, 11) is 0. The number of carboxylic acid groups (broad SMARTS) is 2. The fraction of sp³-hybridized carbons (Fsp3) is 0.765. The van der Waals surface area contributed by atoms with Crippen molar-refractivity contribution in [2.45, 2.75) is 154 Å². The topological polar surface area (TPSA) is 127 Å². The van der Waals surface area contributed by atoms with Crippen LogP contribution in [0.15, 0.2) is 33.4 Å². The van der Waals surface area contributed by atoms with Crippen LogP contribution in [0.25, 0.3) is 10.6 Å². The molecule has 250 valence electrons. The first kappa shape index (κ1) is 40.6. The number of carbonyl (C=O) groups is 2. The fourth-order valence-corrected chi connectivity index (χ4v) is 9.15. The van der Waals surface area contributed by atoms with Crippen LogP contribution in [0.2, 0.25) is 0 Å². The molecule has 0 aromatic carbocycles. The summed E-state index contributed by atoms with van der Waals surface area (Å²) < 4.78 is 0. The molecule has 5 aliphatic heterocycles. The SMILES string of the molecule is CCC1=C(C)C2CC3NC(CC4[N-]C(CC5NC(CC1[N-]2)C(C)=C5CC)C(C)C4CCC(=O)O)C(CCC(=O)O)=C3C.[Cl-].[Cl-].[Sn+4]. The van der Waals surface area contributed by atoms with Crippen molar-refractivity contribution >= 4 is 35.8 Å². The zero-order valence-corrected chi connectivity index (χ0v) is 32.1. The Morgan fingerprint density at radius 1 is 0.711 bits per heavy atom. The molecule has 0 radical (unpaired) electrons. The first-order valence-electron chi connectivity index (χ1n) is 16.5. The molecule has 8 nitrogen and oxygen atoms in total. The van der Waals surface area contributed by atoms with Crippen molar-refractivity contribution in [1.29, 1.82) is 0 Å². The van der Waals surface area contributed by atoms with Gasteiger partial charge in [-0.3, -0.25) is 9.59 Å². The second-order valence-corrected chi connectivity index (χ2v) is 13.6. The Kier molecular flexibility index (Phi) is 15.5. The van der Waals surface area contributed by atoms with Crippen LogP contribution in [0.5, 0.6) is 0 Å². The molecule has 11 heteroatoms. The third-order valence-electron chi connectivity index (χ3n) is 11.6. The molecule has 0 amide bonds. The Hall–Kier alpha value is -0.621. The standard InChI is InChI=1S/C34H52N4O4.2ClH.Sn/c1-7-21-17(3)25-13-26-19(5)23(9-11-33(39)40)31(37-26)16-32-24(10-12-34(41)42)20(6)28(38-32)15-30-22(8-2)18(4)27(36-30)14-29(21)35-25;;;/h20,24-32,36-37H,7-16H2,1-6H3,(H,39,40)(H,41,42);2*1H;/q-2;;;+4/p-2. The number of fused-ring (bicyclic) bond motifs is 8. The van der Waals surface area contributed by atoms with Gasteiger partial charge in [-0.2, -0.15) is 0 Å². The largest absolute Gasteiger partial charge is 4.00 e. The quantitative estimate of drug-likeness (QED) is 0.202. The number of rotatable bonds is 8. The maximum Gasteiger partial charge on any atom is 4.00 e. The molecule has 5 aliphatic rings. The molecule has 0 spiro atoms. The van der Waals surface area contributed by atoms with E-state index in [1.807, 2.05) is 0 Å². The van der Waals surface area contributed by atoms with E-state index >= 15 is 0 Å². The predicted molar refractivity (Wildman–Crippen MR) is 173 cm³/mol. The number of hydrogen-bond donors (Lipinski definition) is 4. The second-order valence-electron chi connectivity index (χ2n) is 13.6. The number of nitrogens with one attached hydrogen (secondary N) is 2. The first-order chi connectivity index (χ1) is 20.0. The zero-order chi connectivity index (χ0) is 30.3. The number of hydrogen-bond acceptors (Lipinski definition) is 4. The van der Waals surface area contributed by atoms with Gasteiger partial charge in [0.05, 0.1) is 0 Å². The molecule has 0 aromatic rings. The van der Waals surface area contributed by atoms with E-state index in [1.165, 1.54) is 33.4 Å². The molecule has 4 N–H and O–H groups in total. The maximum absolute atomic E-state index is 11.6. The molecule has 10 unspecified atom stereocenters. The molecular formula is C34H52Cl2N4O4Sn. The van der Waals surface area contributed by atoms with Gasteiger partial charge in [-0.15, -0.1) is 24.2 Å². The smallest absolute Gasteiger partial charge is 1.00 e. The molecular weight excluding hydrogens is 718 g/mol. The monoisotopic (exact) mass is 770 g/mol. The average Bonchev–Trinajstić information content (AvgIpc) is 3.59. The summed E-state index contributed by atoms with van der Waals surface area (Å²) in [6, 6.07) is 1.44. The maximum atomic E-state index is 11.6. The van der Waals surface area contributed by atoms with Crippen LogP contribution >= 0.6 is 0 Å². The minimum Gasteiger partial charge on any atom is -1.00 e. The molecule has 0 aromatic heterocycles. The Bertz CT molecular complexity index is 1180. The van der Waals surface area contributed by atoms with Gasteiger partial charge in [-0.05, 0) is 72.1 Å². The summed E-state index contributed by atoms with van der Waals surface area (Å²) in [5.74, 6) is -1.01. The first-order valence-corrected chi connectivity index (χ1v) is 16.5.